The van der Waals surface area contributed by atoms with Crippen LogP contribution in [0, 0.1) is 0 Å². The standard InChI is InChI=1S/C30H36N2O8/c1-29(2,3)40-25(33)15-14-23(26(34)32-24(27(35)36)17-39-30(32,4)5)31-28(37)38-16-22-20-12-8-6-10-18(20)19-11-7-9-13-21(19)22/h6-13,22-24H,14-17H2,1-5H3,(H,31,37)(H,35,36)/t23-,24-/m0/s1. The maximum absolute atomic E-state index is 13.7. The largest absolute Gasteiger partial charge is 0.480 e. The first-order valence-corrected chi connectivity index (χ1v) is 13.3. The normalized spacial score (nSPS) is 18.4. The quantitative estimate of drug-likeness (QED) is 0.469. The van der Waals surface area contributed by atoms with Crippen LogP contribution in [0.25, 0.3) is 11.1 Å². The fraction of sp³-hybridized carbons (Fsp3) is 0.467. The van der Waals surface area contributed by atoms with Crippen LogP contribution in [-0.4, -0.2) is 70.6 Å². The average Bonchev–Trinajstić information content (AvgIpc) is 3.37. The van der Waals surface area contributed by atoms with Gasteiger partial charge in [0.25, 0.3) is 0 Å². The van der Waals surface area contributed by atoms with Crippen LogP contribution in [0.4, 0.5) is 4.79 Å². The molecule has 2 aliphatic rings. The molecule has 214 valence electrons. The van der Waals surface area contributed by atoms with E-state index in [0.717, 1.165) is 27.2 Å². The Bertz CT molecular complexity index is 1250. The van der Waals surface area contributed by atoms with E-state index in [1.165, 1.54) is 0 Å². The van der Waals surface area contributed by atoms with E-state index < -0.39 is 47.3 Å². The molecule has 1 aliphatic heterocycles. The summed E-state index contributed by atoms with van der Waals surface area (Å²) in [5, 5.41) is 12.3. The number of carbonyl (C=O) groups excluding carboxylic acids is 3. The van der Waals surface area contributed by atoms with Crippen molar-refractivity contribution in [2.75, 3.05) is 13.2 Å². The van der Waals surface area contributed by atoms with Crippen LogP contribution in [0.2, 0.25) is 0 Å². The Hall–Kier alpha value is -3.92. The highest BCUT2D eigenvalue weighted by molar-refractivity contribution is 5.90. The van der Waals surface area contributed by atoms with E-state index in [1.807, 2.05) is 48.5 Å². The van der Waals surface area contributed by atoms with E-state index >= 15 is 0 Å². The summed E-state index contributed by atoms with van der Waals surface area (Å²) in [4.78, 5) is 52.1. The number of nitrogens with one attached hydrogen (secondary N) is 1. The molecule has 2 atom stereocenters. The molecule has 0 spiro atoms. The Kier molecular flexibility index (Phi) is 8.20. The van der Waals surface area contributed by atoms with Gasteiger partial charge in [0.1, 0.15) is 24.0 Å². The zero-order valence-corrected chi connectivity index (χ0v) is 23.4. The van der Waals surface area contributed by atoms with Gasteiger partial charge in [0.2, 0.25) is 5.91 Å². The number of ether oxygens (including phenoxy) is 3. The number of fused-ring (bicyclic) bond motifs is 3. The third kappa shape index (κ3) is 6.28. The Morgan fingerprint density at radius 1 is 1.05 bits per heavy atom. The molecular formula is C30H36N2O8. The van der Waals surface area contributed by atoms with Gasteiger partial charge in [0.15, 0.2) is 6.04 Å². The minimum atomic E-state index is -1.24. The number of rotatable bonds is 8. The fourth-order valence-electron chi connectivity index (χ4n) is 5.27. The molecule has 2 aromatic carbocycles. The summed E-state index contributed by atoms with van der Waals surface area (Å²) in [6.07, 6.45) is -1.14. The lowest BCUT2D eigenvalue weighted by atomic mass is 9.98. The van der Waals surface area contributed by atoms with Gasteiger partial charge in [-0.1, -0.05) is 48.5 Å². The van der Waals surface area contributed by atoms with Gasteiger partial charge in [0, 0.05) is 12.3 Å². The molecule has 1 heterocycles. The second-order valence-electron chi connectivity index (χ2n) is 11.5. The molecule has 0 saturated carbocycles. The summed E-state index contributed by atoms with van der Waals surface area (Å²) in [5.74, 6) is -2.65. The first-order valence-electron chi connectivity index (χ1n) is 13.3. The molecule has 0 radical (unpaired) electrons. The maximum atomic E-state index is 13.7. The third-order valence-electron chi connectivity index (χ3n) is 7.00. The van der Waals surface area contributed by atoms with E-state index in [0.29, 0.717) is 0 Å². The zero-order chi connectivity index (χ0) is 29.2. The molecule has 1 saturated heterocycles. The number of hydrogen-bond acceptors (Lipinski definition) is 7. The van der Waals surface area contributed by atoms with Crippen molar-refractivity contribution < 1.29 is 38.5 Å². The number of hydrogen-bond donors (Lipinski definition) is 2. The molecule has 0 unspecified atom stereocenters. The molecule has 0 aromatic heterocycles. The Balaban J connectivity index is 1.50. The zero-order valence-electron chi connectivity index (χ0n) is 23.4. The lowest BCUT2D eigenvalue weighted by Gasteiger charge is -2.35. The number of alkyl carbamates (subject to hydrolysis) is 1. The predicted octanol–water partition coefficient (Wildman–Crippen LogP) is 4.06. The molecule has 0 bridgehead atoms. The van der Waals surface area contributed by atoms with Crippen molar-refractivity contribution in [1.29, 1.82) is 0 Å². The van der Waals surface area contributed by atoms with Gasteiger partial charge in [0.05, 0.1) is 6.61 Å². The summed E-state index contributed by atoms with van der Waals surface area (Å²) in [6.45, 7) is 8.16. The first kappa shape index (κ1) is 29.1. The van der Waals surface area contributed by atoms with E-state index in [4.69, 9.17) is 14.2 Å². The van der Waals surface area contributed by atoms with Crippen molar-refractivity contribution in [2.45, 2.75) is 76.8 Å². The Morgan fingerprint density at radius 2 is 1.62 bits per heavy atom. The van der Waals surface area contributed by atoms with Crippen molar-refractivity contribution in [3.05, 3.63) is 59.7 Å². The topological polar surface area (TPSA) is 131 Å². The number of carboxylic acid groups (broad SMARTS) is 1. The van der Waals surface area contributed by atoms with Crippen molar-refractivity contribution in [1.82, 2.24) is 10.2 Å². The van der Waals surface area contributed by atoms with Crippen LogP contribution < -0.4 is 5.32 Å². The minimum Gasteiger partial charge on any atom is -0.480 e. The molecule has 4 rings (SSSR count). The Morgan fingerprint density at radius 3 is 2.17 bits per heavy atom. The highest BCUT2D eigenvalue weighted by Gasteiger charge is 2.49. The first-order chi connectivity index (χ1) is 18.8. The van der Waals surface area contributed by atoms with Gasteiger partial charge >= 0.3 is 18.0 Å². The molecule has 2 N–H and O–H groups in total. The molecular weight excluding hydrogens is 516 g/mol. The number of amides is 2. The maximum Gasteiger partial charge on any atom is 0.407 e. The monoisotopic (exact) mass is 552 g/mol. The molecule has 2 aromatic rings. The van der Waals surface area contributed by atoms with Crippen LogP contribution in [-0.2, 0) is 28.6 Å². The molecule has 10 nitrogen and oxygen atoms in total. The molecule has 1 aliphatic carbocycles. The van der Waals surface area contributed by atoms with Gasteiger partial charge < -0.3 is 24.6 Å². The van der Waals surface area contributed by atoms with Crippen molar-refractivity contribution in [3.63, 3.8) is 0 Å². The fourth-order valence-corrected chi connectivity index (χ4v) is 5.27. The van der Waals surface area contributed by atoms with E-state index in [1.54, 1.807) is 34.6 Å². The van der Waals surface area contributed by atoms with Crippen molar-refractivity contribution >= 4 is 23.9 Å². The number of aliphatic carboxylic acids is 1. The summed E-state index contributed by atoms with van der Waals surface area (Å²) >= 11 is 0. The predicted molar refractivity (Wildman–Crippen MR) is 145 cm³/mol. The highest BCUT2D eigenvalue weighted by atomic mass is 16.6. The smallest absolute Gasteiger partial charge is 0.407 e. The molecule has 10 heteroatoms. The molecule has 40 heavy (non-hydrogen) atoms. The average molecular weight is 553 g/mol. The minimum absolute atomic E-state index is 0.0307. The van der Waals surface area contributed by atoms with Gasteiger partial charge in [-0.25, -0.2) is 9.59 Å². The number of nitrogens with zero attached hydrogens (tertiary/aromatic N) is 1. The number of carbonyl (C=O) groups is 4. The summed E-state index contributed by atoms with van der Waals surface area (Å²) in [6, 6.07) is 13.3. The van der Waals surface area contributed by atoms with Gasteiger partial charge in [-0.15, -0.1) is 0 Å². The van der Waals surface area contributed by atoms with Crippen molar-refractivity contribution in [3.8, 4) is 11.1 Å². The molecule has 1 fully saturated rings. The van der Waals surface area contributed by atoms with Crippen molar-refractivity contribution in [2.24, 2.45) is 0 Å². The van der Waals surface area contributed by atoms with Crippen LogP contribution in [0.5, 0.6) is 0 Å². The van der Waals surface area contributed by atoms with E-state index in [-0.39, 0.29) is 32.0 Å². The van der Waals surface area contributed by atoms with Crippen LogP contribution in [0.1, 0.15) is 64.5 Å². The highest BCUT2D eigenvalue weighted by Crippen LogP contribution is 2.44. The van der Waals surface area contributed by atoms with Crippen LogP contribution >= 0.6 is 0 Å². The van der Waals surface area contributed by atoms with Gasteiger partial charge in [-0.3, -0.25) is 14.5 Å². The van der Waals surface area contributed by atoms with E-state index in [9.17, 15) is 24.3 Å². The number of esters is 1. The summed E-state index contributed by atoms with van der Waals surface area (Å²) in [5.41, 5.74) is 2.27. The van der Waals surface area contributed by atoms with E-state index in [2.05, 4.69) is 5.32 Å². The summed E-state index contributed by atoms with van der Waals surface area (Å²) < 4.78 is 16.5. The lowest BCUT2D eigenvalue weighted by Crippen LogP contribution is -2.57. The SMILES string of the molecule is CC(C)(C)OC(=O)CC[C@H](NC(=O)OCC1c2ccccc2-c2ccccc21)C(=O)N1[C@H](C(=O)O)COC1(C)C. The third-order valence-corrected chi connectivity index (χ3v) is 7.00. The number of carboxylic acids is 1. The number of benzene rings is 2. The second kappa shape index (κ2) is 11.3. The molecule has 2 amide bonds. The lowest BCUT2D eigenvalue weighted by molar-refractivity contribution is -0.158. The van der Waals surface area contributed by atoms with Crippen LogP contribution in [0.3, 0.4) is 0 Å². The van der Waals surface area contributed by atoms with Gasteiger partial charge in [-0.05, 0) is 63.3 Å². The van der Waals surface area contributed by atoms with Gasteiger partial charge in [-0.2, -0.15) is 0 Å². The summed E-state index contributed by atoms with van der Waals surface area (Å²) in [7, 11) is 0. The second-order valence-corrected chi connectivity index (χ2v) is 11.5. The Labute approximate surface area is 233 Å². The van der Waals surface area contributed by atoms with Crippen LogP contribution in [0.15, 0.2) is 48.5 Å².